The molecule has 0 fully saturated rings. The van der Waals surface area contributed by atoms with Gasteiger partial charge in [0.05, 0.1) is 18.4 Å². The second-order valence-electron chi connectivity index (χ2n) is 4.14. The highest BCUT2D eigenvalue weighted by Gasteiger charge is 2.16. The van der Waals surface area contributed by atoms with E-state index in [0.717, 1.165) is 19.6 Å². The number of amides is 1. The number of carbonyl (C=O) groups excluding carboxylic acids is 1. The first kappa shape index (κ1) is 15.4. The van der Waals surface area contributed by atoms with Crippen molar-refractivity contribution in [1.82, 2.24) is 20.0 Å². The molecule has 108 valence electrons. The van der Waals surface area contributed by atoms with Crippen molar-refractivity contribution in [2.24, 2.45) is 0 Å². The van der Waals surface area contributed by atoms with Gasteiger partial charge in [0.1, 0.15) is 12.4 Å². The van der Waals surface area contributed by atoms with Gasteiger partial charge < -0.3 is 16.0 Å². The molecule has 0 saturated carbocycles. The quantitative estimate of drug-likeness (QED) is 0.722. The molecule has 6 nitrogen and oxygen atoms in total. The number of nitrogens with zero attached hydrogens (tertiary/aromatic N) is 3. The van der Waals surface area contributed by atoms with E-state index in [-0.39, 0.29) is 23.8 Å². The molecule has 0 aromatic carbocycles. The molecule has 19 heavy (non-hydrogen) atoms. The topological polar surface area (TPSA) is 76.2 Å². The molecule has 0 bridgehead atoms. The molecular weight excluding hydrogens is 249 g/mol. The zero-order valence-electron chi connectivity index (χ0n) is 11.5. The molecule has 1 heterocycles. The molecule has 0 atom stereocenters. The van der Waals surface area contributed by atoms with Crippen LogP contribution in [0.1, 0.15) is 24.3 Å². The van der Waals surface area contributed by atoms with E-state index in [1.54, 1.807) is 0 Å². The third-order valence-electron chi connectivity index (χ3n) is 2.99. The van der Waals surface area contributed by atoms with Crippen molar-refractivity contribution in [3.63, 3.8) is 0 Å². The van der Waals surface area contributed by atoms with Crippen molar-refractivity contribution in [2.75, 3.05) is 38.6 Å². The number of alkyl halides is 1. The molecule has 0 radical (unpaired) electrons. The summed E-state index contributed by atoms with van der Waals surface area (Å²) in [5, 5.41) is 6.66. The van der Waals surface area contributed by atoms with Gasteiger partial charge in [-0.1, -0.05) is 13.8 Å². The Morgan fingerprint density at radius 2 is 2.21 bits per heavy atom. The second-order valence-corrected chi connectivity index (χ2v) is 4.14. The van der Waals surface area contributed by atoms with Crippen LogP contribution in [-0.4, -0.2) is 53.4 Å². The van der Waals surface area contributed by atoms with Gasteiger partial charge >= 0.3 is 0 Å². The Kier molecular flexibility index (Phi) is 6.27. The van der Waals surface area contributed by atoms with Gasteiger partial charge in [0, 0.05) is 13.1 Å². The fraction of sp³-hybridized carbons (Fsp3) is 0.667. The fourth-order valence-electron chi connectivity index (χ4n) is 1.85. The van der Waals surface area contributed by atoms with Crippen LogP contribution in [-0.2, 0) is 6.54 Å². The monoisotopic (exact) mass is 271 g/mol. The molecule has 0 aliphatic heterocycles. The molecule has 0 aliphatic rings. The van der Waals surface area contributed by atoms with Crippen LogP contribution < -0.4 is 11.1 Å². The third-order valence-corrected chi connectivity index (χ3v) is 2.99. The molecule has 7 heteroatoms. The van der Waals surface area contributed by atoms with Crippen LogP contribution >= 0.6 is 0 Å². The van der Waals surface area contributed by atoms with E-state index in [0.29, 0.717) is 6.54 Å². The number of aromatic nitrogens is 2. The number of likely N-dealkylation sites (N-methyl/N-ethyl adjacent to an activating group) is 1. The molecule has 1 aromatic rings. The maximum absolute atomic E-state index is 12.3. The Morgan fingerprint density at radius 3 is 2.79 bits per heavy atom. The Bertz CT molecular complexity index is 403. The predicted octanol–water partition coefficient (Wildman–Crippen LogP) is 0.506. The summed E-state index contributed by atoms with van der Waals surface area (Å²) in [5.41, 5.74) is 6.18. The summed E-state index contributed by atoms with van der Waals surface area (Å²) >= 11 is 0. The van der Waals surface area contributed by atoms with Gasteiger partial charge in [-0.25, -0.2) is 4.39 Å². The lowest BCUT2D eigenvalue weighted by molar-refractivity contribution is 0.0938. The zero-order valence-corrected chi connectivity index (χ0v) is 11.5. The first-order chi connectivity index (χ1) is 9.13. The highest BCUT2D eigenvalue weighted by atomic mass is 19.1. The second kappa shape index (κ2) is 7.73. The van der Waals surface area contributed by atoms with Crippen LogP contribution in [0.4, 0.5) is 10.1 Å². The van der Waals surface area contributed by atoms with E-state index in [2.05, 4.69) is 29.2 Å². The Balaban J connectivity index is 2.56. The lowest BCUT2D eigenvalue weighted by Gasteiger charge is -2.18. The highest BCUT2D eigenvalue weighted by Crippen LogP contribution is 2.10. The van der Waals surface area contributed by atoms with Crippen LogP contribution in [0.2, 0.25) is 0 Å². The lowest BCUT2D eigenvalue weighted by atomic mass is 10.3. The van der Waals surface area contributed by atoms with Gasteiger partial charge in [0.25, 0.3) is 5.91 Å². The van der Waals surface area contributed by atoms with Crippen molar-refractivity contribution in [3.05, 3.63) is 11.9 Å². The highest BCUT2D eigenvalue weighted by molar-refractivity contribution is 5.97. The number of halogens is 1. The van der Waals surface area contributed by atoms with Gasteiger partial charge in [-0.05, 0) is 13.1 Å². The van der Waals surface area contributed by atoms with E-state index in [1.165, 1.54) is 10.9 Å². The van der Waals surface area contributed by atoms with Crippen molar-refractivity contribution < 1.29 is 9.18 Å². The number of nitrogens with one attached hydrogen (secondary N) is 1. The van der Waals surface area contributed by atoms with Crippen LogP contribution in [0.15, 0.2) is 6.20 Å². The van der Waals surface area contributed by atoms with Gasteiger partial charge in [-0.15, -0.1) is 0 Å². The van der Waals surface area contributed by atoms with E-state index < -0.39 is 6.67 Å². The molecule has 1 amide bonds. The summed E-state index contributed by atoms with van der Waals surface area (Å²) < 4.78 is 13.6. The van der Waals surface area contributed by atoms with E-state index >= 15 is 0 Å². The predicted molar refractivity (Wildman–Crippen MR) is 72.7 cm³/mol. The summed E-state index contributed by atoms with van der Waals surface area (Å²) in [5.74, 6) is -0.310. The zero-order chi connectivity index (χ0) is 14.3. The average molecular weight is 271 g/mol. The summed E-state index contributed by atoms with van der Waals surface area (Å²) in [6.07, 6.45) is 1.37. The molecule has 0 spiro atoms. The van der Waals surface area contributed by atoms with E-state index in [1.807, 2.05) is 0 Å². The maximum atomic E-state index is 12.3. The van der Waals surface area contributed by atoms with Gasteiger partial charge in [0.15, 0.2) is 0 Å². The lowest BCUT2D eigenvalue weighted by Crippen LogP contribution is -2.36. The van der Waals surface area contributed by atoms with Crippen molar-refractivity contribution in [1.29, 1.82) is 0 Å². The SMILES string of the molecule is CCN(CC)CCNC(=O)c1c(N)cnn1CCF. The first-order valence-electron chi connectivity index (χ1n) is 6.51. The minimum atomic E-state index is -0.582. The average Bonchev–Trinajstić information content (AvgIpc) is 2.76. The molecule has 1 aromatic heterocycles. The third kappa shape index (κ3) is 4.20. The summed E-state index contributed by atoms with van der Waals surface area (Å²) in [6.45, 7) is 6.77. The number of hydrogen-bond donors (Lipinski definition) is 2. The van der Waals surface area contributed by atoms with Crippen LogP contribution in [0.25, 0.3) is 0 Å². The standard InChI is InChI=1S/C12H22FN5O/c1-3-17(4-2)8-6-15-12(19)11-10(14)9-16-18(11)7-5-13/h9H,3-8,14H2,1-2H3,(H,15,19). The number of carbonyl (C=O) groups is 1. The van der Waals surface area contributed by atoms with Gasteiger partial charge in [0.2, 0.25) is 0 Å². The van der Waals surface area contributed by atoms with Gasteiger partial charge in [-0.2, -0.15) is 5.10 Å². The maximum Gasteiger partial charge on any atom is 0.271 e. The number of nitrogen functional groups attached to an aromatic ring is 1. The van der Waals surface area contributed by atoms with Crippen LogP contribution in [0, 0.1) is 0 Å². The number of nitrogens with two attached hydrogens (primary N) is 1. The molecule has 0 aliphatic carbocycles. The fourth-order valence-corrected chi connectivity index (χ4v) is 1.85. The number of anilines is 1. The minimum absolute atomic E-state index is 0.0377. The van der Waals surface area contributed by atoms with Crippen LogP contribution in [0.3, 0.4) is 0 Å². The summed E-state index contributed by atoms with van der Waals surface area (Å²) in [7, 11) is 0. The normalized spacial score (nSPS) is 10.9. The summed E-state index contributed by atoms with van der Waals surface area (Å²) in [6, 6.07) is 0. The Labute approximate surface area is 112 Å². The van der Waals surface area contributed by atoms with E-state index in [4.69, 9.17) is 5.73 Å². The smallest absolute Gasteiger partial charge is 0.271 e. The first-order valence-corrected chi connectivity index (χ1v) is 6.51. The van der Waals surface area contributed by atoms with Gasteiger partial charge in [-0.3, -0.25) is 9.48 Å². The molecule has 3 N–H and O–H groups in total. The van der Waals surface area contributed by atoms with Crippen molar-refractivity contribution in [3.8, 4) is 0 Å². The van der Waals surface area contributed by atoms with Crippen LogP contribution in [0.5, 0.6) is 0 Å². The number of hydrogen-bond acceptors (Lipinski definition) is 4. The molecule has 1 rings (SSSR count). The molecule has 0 unspecified atom stereocenters. The van der Waals surface area contributed by atoms with E-state index in [9.17, 15) is 9.18 Å². The molecular formula is C12H22FN5O. The number of rotatable bonds is 8. The molecule has 0 saturated heterocycles. The Hall–Kier alpha value is -1.63. The Morgan fingerprint density at radius 1 is 1.53 bits per heavy atom. The largest absolute Gasteiger partial charge is 0.396 e. The number of aryl methyl sites for hydroxylation is 1. The minimum Gasteiger partial charge on any atom is -0.396 e. The van der Waals surface area contributed by atoms with Crippen molar-refractivity contribution in [2.45, 2.75) is 20.4 Å². The van der Waals surface area contributed by atoms with Crippen molar-refractivity contribution >= 4 is 11.6 Å². The summed E-state index contributed by atoms with van der Waals surface area (Å²) in [4.78, 5) is 14.2.